The van der Waals surface area contributed by atoms with Crippen LogP contribution in [0.15, 0.2) is 61.1 Å². The Balaban J connectivity index is 1.41. The minimum Gasteiger partial charge on any atom is -0.493 e. The number of anilines is 1. The summed E-state index contributed by atoms with van der Waals surface area (Å²) in [5.74, 6) is 0.708. The van der Waals surface area contributed by atoms with Gasteiger partial charge in [-0.2, -0.15) is 0 Å². The molecule has 0 unspecified atom stereocenters. The number of amides is 2. The zero-order chi connectivity index (χ0) is 23.4. The molecule has 1 aromatic carbocycles. The molecule has 0 aliphatic carbocycles. The van der Waals surface area contributed by atoms with Gasteiger partial charge in [-0.25, -0.2) is 9.97 Å². The lowest BCUT2D eigenvalue weighted by Crippen LogP contribution is -2.49. The molecular weight excluding hydrogens is 422 g/mol. The number of pyridine rings is 2. The normalized spacial score (nSPS) is 13.5. The fourth-order valence-electron chi connectivity index (χ4n) is 3.74. The standard InChI is InChI=1S/C24H25N5O4/c1-16(33-21-15-27-19(23(30)25-2)14-20(21)32-3)24(31)29-12-10-28(11-13-29)22-18-7-5-4-6-17(18)8-9-26-22/h4-9,14-15H,1,10-13H2,2-3H3,(H,25,30). The van der Waals surface area contributed by atoms with E-state index in [1.54, 1.807) is 4.90 Å². The molecule has 0 atom stereocenters. The van der Waals surface area contributed by atoms with E-state index < -0.39 is 0 Å². The van der Waals surface area contributed by atoms with Crippen LogP contribution in [-0.4, -0.2) is 67.0 Å². The van der Waals surface area contributed by atoms with Gasteiger partial charge in [0.2, 0.25) is 0 Å². The molecule has 1 aliphatic rings. The average Bonchev–Trinajstić information content (AvgIpc) is 2.87. The highest BCUT2D eigenvalue weighted by atomic mass is 16.5. The van der Waals surface area contributed by atoms with Crippen molar-refractivity contribution in [1.29, 1.82) is 0 Å². The van der Waals surface area contributed by atoms with E-state index in [2.05, 4.69) is 38.9 Å². The van der Waals surface area contributed by atoms with E-state index in [9.17, 15) is 9.59 Å². The van der Waals surface area contributed by atoms with Gasteiger partial charge >= 0.3 is 0 Å². The summed E-state index contributed by atoms with van der Waals surface area (Å²) < 4.78 is 10.9. The molecule has 170 valence electrons. The molecule has 0 bridgehead atoms. The maximum absolute atomic E-state index is 12.9. The van der Waals surface area contributed by atoms with Crippen LogP contribution in [0, 0.1) is 0 Å². The Morgan fingerprint density at radius 3 is 2.55 bits per heavy atom. The second-order valence-electron chi connectivity index (χ2n) is 7.46. The Kier molecular flexibility index (Phi) is 6.39. The number of aromatic nitrogens is 2. The van der Waals surface area contributed by atoms with E-state index in [0.29, 0.717) is 26.2 Å². The monoisotopic (exact) mass is 447 g/mol. The van der Waals surface area contributed by atoms with Crippen molar-refractivity contribution in [3.05, 3.63) is 66.8 Å². The Morgan fingerprint density at radius 1 is 1.06 bits per heavy atom. The van der Waals surface area contributed by atoms with Crippen molar-refractivity contribution in [3.8, 4) is 11.5 Å². The lowest BCUT2D eigenvalue weighted by molar-refractivity contribution is -0.129. The zero-order valence-electron chi connectivity index (χ0n) is 18.6. The quantitative estimate of drug-likeness (QED) is 0.457. The maximum Gasteiger partial charge on any atom is 0.289 e. The largest absolute Gasteiger partial charge is 0.493 e. The van der Waals surface area contributed by atoms with Gasteiger partial charge < -0.3 is 24.6 Å². The molecule has 1 N–H and O–H groups in total. The average molecular weight is 447 g/mol. The number of hydrogen-bond acceptors (Lipinski definition) is 7. The van der Waals surface area contributed by atoms with Gasteiger partial charge in [-0.3, -0.25) is 9.59 Å². The van der Waals surface area contributed by atoms with Crippen molar-refractivity contribution >= 4 is 28.4 Å². The van der Waals surface area contributed by atoms with Crippen molar-refractivity contribution < 1.29 is 19.1 Å². The third kappa shape index (κ3) is 4.57. The molecule has 0 radical (unpaired) electrons. The first-order valence-electron chi connectivity index (χ1n) is 10.5. The molecule has 1 aliphatic heterocycles. The Morgan fingerprint density at radius 2 is 1.82 bits per heavy atom. The molecule has 9 nitrogen and oxygen atoms in total. The minimum atomic E-state index is -0.353. The van der Waals surface area contributed by atoms with Gasteiger partial charge in [-0.05, 0) is 11.5 Å². The van der Waals surface area contributed by atoms with E-state index in [-0.39, 0.29) is 34.8 Å². The van der Waals surface area contributed by atoms with E-state index in [1.165, 1.54) is 26.4 Å². The van der Waals surface area contributed by atoms with Gasteiger partial charge in [-0.1, -0.05) is 30.8 Å². The van der Waals surface area contributed by atoms with Crippen LogP contribution in [0.5, 0.6) is 11.5 Å². The van der Waals surface area contributed by atoms with Crippen molar-refractivity contribution in [1.82, 2.24) is 20.2 Å². The van der Waals surface area contributed by atoms with Crippen LogP contribution >= 0.6 is 0 Å². The number of carbonyl (C=O) groups excluding carboxylic acids is 2. The number of carbonyl (C=O) groups is 2. The highest BCUT2D eigenvalue weighted by Gasteiger charge is 2.26. The number of benzene rings is 1. The summed E-state index contributed by atoms with van der Waals surface area (Å²) >= 11 is 0. The Labute approximate surface area is 191 Å². The molecule has 0 saturated carbocycles. The number of piperazine rings is 1. The van der Waals surface area contributed by atoms with E-state index >= 15 is 0 Å². The number of methoxy groups -OCH3 is 1. The second kappa shape index (κ2) is 9.56. The Hall–Kier alpha value is -4.14. The van der Waals surface area contributed by atoms with Crippen LogP contribution in [0.1, 0.15) is 10.5 Å². The molecule has 2 aromatic heterocycles. The van der Waals surface area contributed by atoms with Gasteiger partial charge in [0.15, 0.2) is 17.3 Å². The second-order valence-corrected chi connectivity index (χ2v) is 7.46. The lowest BCUT2D eigenvalue weighted by Gasteiger charge is -2.36. The lowest BCUT2D eigenvalue weighted by atomic mass is 10.1. The van der Waals surface area contributed by atoms with Gasteiger partial charge in [0, 0.05) is 50.9 Å². The van der Waals surface area contributed by atoms with E-state index in [4.69, 9.17) is 9.47 Å². The van der Waals surface area contributed by atoms with Crippen LogP contribution in [0.4, 0.5) is 5.82 Å². The molecule has 2 amide bonds. The molecule has 1 saturated heterocycles. The SMILES string of the molecule is C=C(Oc1cnc(C(=O)NC)cc1OC)C(=O)N1CCN(c2nccc3ccccc23)CC1. The van der Waals surface area contributed by atoms with Crippen LogP contribution in [0.3, 0.4) is 0 Å². The van der Waals surface area contributed by atoms with Crippen molar-refractivity contribution in [2.24, 2.45) is 0 Å². The number of rotatable bonds is 6. The fourth-order valence-corrected chi connectivity index (χ4v) is 3.74. The van der Waals surface area contributed by atoms with Crippen LogP contribution in [0.25, 0.3) is 10.8 Å². The predicted octanol–water partition coefficient (Wildman–Crippen LogP) is 2.24. The first-order chi connectivity index (χ1) is 16.0. The predicted molar refractivity (Wildman–Crippen MR) is 124 cm³/mol. The highest BCUT2D eigenvalue weighted by molar-refractivity contribution is 5.94. The summed E-state index contributed by atoms with van der Waals surface area (Å²) in [4.78, 5) is 37.2. The minimum absolute atomic E-state index is 0.0421. The summed E-state index contributed by atoms with van der Waals surface area (Å²) in [6.45, 7) is 6.10. The summed E-state index contributed by atoms with van der Waals surface area (Å²) in [6.07, 6.45) is 3.15. The van der Waals surface area contributed by atoms with Crippen molar-refractivity contribution in [2.45, 2.75) is 0 Å². The molecule has 9 heteroatoms. The number of hydrogen-bond donors (Lipinski definition) is 1. The highest BCUT2D eigenvalue weighted by Crippen LogP contribution is 2.29. The smallest absolute Gasteiger partial charge is 0.289 e. The number of fused-ring (bicyclic) bond motifs is 1. The molecule has 3 heterocycles. The molecule has 4 rings (SSSR count). The fraction of sp³-hybridized carbons (Fsp3) is 0.250. The van der Waals surface area contributed by atoms with Crippen LogP contribution in [-0.2, 0) is 4.79 Å². The van der Waals surface area contributed by atoms with E-state index in [1.807, 2.05) is 24.4 Å². The van der Waals surface area contributed by atoms with Gasteiger partial charge in [0.05, 0.1) is 13.3 Å². The van der Waals surface area contributed by atoms with Crippen LogP contribution in [0.2, 0.25) is 0 Å². The number of nitrogens with zero attached hydrogens (tertiary/aromatic N) is 4. The summed E-state index contributed by atoms with van der Waals surface area (Å²) in [6, 6.07) is 11.6. The summed E-state index contributed by atoms with van der Waals surface area (Å²) in [5.41, 5.74) is 0.178. The van der Waals surface area contributed by atoms with Gasteiger partial charge in [0.1, 0.15) is 11.5 Å². The summed E-state index contributed by atoms with van der Waals surface area (Å²) in [5, 5.41) is 4.72. The van der Waals surface area contributed by atoms with Gasteiger partial charge in [-0.15, -0.1) is 0 Å². The first-order valence-corrected chi connectivity index (χ1v) is 10.5. The zero-order valence-corrected chi connectivity index (χ0v) is 18.6. The molecule has 0 spiro atoms. The Bertz CT molecular complexity index is 1200. The molecule has 33 heavy (non-hydrogen) atoms. The topological polar surface area (TPSA) is 96.9 Å². The first kappa shape index (κ1) is 22.1. The molecule has 3 aromatic rings. The van der Waals surface area contributed by atoms with Gasteiger partial charge in [0.25, 0.3) is 11.8 Å². The maximum atomic E-state index is 12.9. The molecular formula is C24H25N5O4. The van der Waals surface area contributed by atoms with Crippen molar-refractivity contribution in [2.75, 3.05) is 45.2 Å². The number of ether oxygens (including phenoxy) is 2. The third-order valence-corrected chi connectivity index (χ3v) is 5.50. The molecule has 1 fully saturated rings. The summed E-state index contributed by atoms with van der Waals surface area (Å²) in [7, 11) is 2.96. The van der Waals surface area contributed by atoms with E-state index in [0.717, 1.165) is 16.6 Å². The van der Waals surface area contributed by atoms with Crippen LogP contribution < -0.4 is 19.7 Å². The number of nitrogens with one attached hydrogen (secondary N) is 1. The van der Waals surface area contributed by atoms with Crippen molar-refractivity contribution in [3.63, 3.8) is 0 Å². The third-order valence-electron chi connectivity index (χ3n) is 5.50.